The highest BCUT2D eigenvalue weighted by atomic mass is 35.5. The molecule has 0 spiro atoms. The topological polar surface area (TPSA) is 64.6 Å². The number of carbonyl (C=O) groups excluding carboxylic acids is 2. The molecule has 0 aromatic heterocycles. The molecule has 0 aliphatic heterocycles. The minimum atomic E-state index is -0.927. The van der Waals surface area contributed by atoms with E-state index in [1.54, 1.807) is 56.5 Å². The molecule has 0 aliphatic carbocycles. The Morgan fingerprint density at radius 2 is 1.74 bits per heavy atom. The Labute approximate surface area is 168 Å². The summed E-state index contributed by atoms with van der Waals surface area (Å²) in [5, 5.41) is 3.75. The zero-order chi connectivity index (χ0) is 20.0. The summed E-state index contributed by atoms with van der Waals surface area (Å²) in [7, 11) is 1.57. The van der Waals surface area contributed by atoms with Crippen LogP contribution in [0.1, 0.15) is 31.0 Å². The van der Waals surface area contributed by atoms with Crippen molar-refractivity contribution in [1.82, 2.24) is 5.32 Å². The summed E-state index contributed by atoms with van der Waals surface area (Å²) in [6.07, 6.45) is -0.857. The number of rotatable bonds is 7. The predicted octanol–water partition coefficient (Wildman–Crippen LogP) is 4.35. The van der Waals surface area contributed by atoms with Gasteiger partial charge in [-0.25, -0.2) is 0 Å². The number of nitrogens with one attached hydrogen (secondary N) is 1. The molecule has 0 saturated heterocycles. The SMILES string of the molecule is COc1ccc(CC(=O)O[C@@H](C)C(=O)N[C@H](C)c2ccc(Cl)cc2Cl)cc1. The van der Waals surface area contributed by atoms with Crippen LogP contribution in [0.3, 0.4) is 0 Å². The van der Waals surface area contributed by atoms with Gasteiger partial charge in [0.1, 0.15) is 5.75 Å². The molecule has 5 nitrogen and oxygen atoms in total. The maximum absolute atomic E-state index is 12.3. The molecule has 0 fully saturated rings. The lowest BCUT2D eigenvalue weighted by Crippen LogP contribution is -2.37. The van der Waals surface area contributed by atoms with Gasteiger partial charge in [-0.3, -0.25) is 9.59 Å². The number of amides is 1. The van der Waals surface area contributed by atoms with E-state index in [0.29, 0.717) is 15.8 Å². The molecule has 7 heteroatoms. The van der Waals surface area contributed by atoms with Crippen LogP contribution in [0.2, 0.25) is 10.0 Å². The van der Waals surface area contributed by atoms with Gasteiger partial charge in [0, 0.05) is 10.0 Å². The van der Waals surface area contributed by atoms with Crippen molar-refractivity contribution in [3.05, 3.63) is 63.6 Å². The van der Waals surface area contributed by atoms with Crippen molar-refractivity contribution in [2.75, 3.05) is 7.11 Å². The largest absolute Gasteiger partial charge is 0.497 e. The van der Waals surface area contributed by atoms with E-state index >= 15 is 0 Å². The van der Waals surface area contributed by atoms with Crippen molar-refractivity contribution in [3.8, 4) is 5.75 Å². The lowest BCUT2D eigenvalue weighted by atomic mass is 10.1. The molecule has 2 aromatic rings. The number of carbonyl (C=O) groups is 2. The van der Waals surface area contributed by atoms with Gasteiger partial charge in [-0.15, -0.1) is 0 Å². The summed E-state index contributed by atoms with van der Waals surface area (Å²) in [4.78, 5) is 24.4. The molecule has 1 N–H and O–H groups in total. The van der Waals surface area contributed by atoms with E-state index in [1.165, 1.54) is 6.92 Å². The monoisotopic (exact) mass is 409 g/mol. The Kier molecular flexibility index (Phi) is 7.51. The minimum absolute atomic E-state index is 0.0696. The summed E-state index contributed by atoms with van der Waals surface area (Å²) in [6, 6.07) is 11.8. The van der Waals surface area contributed by atoms with Crippen LogP contribution < -0.4 is 10.1 Å². The highest BCUT2D eigenvalue weighted by Crippen LogP contribution is 2.26. The molecule has 0 bridgehead atoms. The van der Waals surface area contributed by atoms with E-state index in [4.69, 9.17) is 32.7 Å². The molecule has 2 rings (SSSR count). The second kappa shape index (κ2) is 9.62. The smallest absolute Gasteiger partial charge is 0.311 e. The van der Waals surface area contributed by atoms with Gasteiger partial charge >= 0.3 is 5.97 Å². The molecule has 2 aromatic carbocycles. The molecule has 0 unspecified atom stereocenters. The van der Waals surface area contributed by atoms with Crippen molar-refractivity contribution < 1.29 is 19.1 Å². The molecule has 0 saturated carbocycles. The Morgan fingerprint density at radius 3 is 2.33 bits per heavy atom. The number of hydrogen-bond acceptors (Lipinski definition) is 4. The average molecular weight is 410 g/mol. The summed E-state index contributed by atoms with van der Waals surface area (Å²) < 4.78 is 10.3. The van der Waals surface area contributed by atoms with Crippen LogP contribution in [0.4, 0.5) is 0 Å². The van der Waals surface area contributed by atoms with Crippen molar-refractivity contribution in [2.24, 2.45) is 0 Å². The van der Waals surface area contributed by atoms with Crippen molar-refractivity contribution in [2.45, 2.75) is 32.4 Å². The molecule has 0 aliphatic rings. The first kappa shape index (κ1) is 21.1. The van der Waals surface area contributed by atoms with Gasteiger partial charge in [-0.1, -0.05) is 41.4 Å². The Bertz CT molecular complexity index is 808. The van der Waals surface area contributed by atoms with Crippen molar-refractivity contribution >= 4 is 35.1 Å². The molecule has 27 heavy (non-hydrogen) atoms. The summed E-state index contributed by atoms with van der Waals surface area (Å²) >= 11 is 12.0. The lowest BCUT2D eigenvalue weighted by molar-refractivity contribution is -0.154. The normalized spacial score (nSPS) is 12.8. The van der Waals surface area contributed by atoms with Gasteiger partial charge in [0.05, 0.1) is 19.6 Å². The third-order valence-corrected chi connectivity index (χ3v) is 4.54. The number of hydrogen-bond donors (Lipinski definition) is 1. The van der Waals surface area contributed by atoms with Crippen LogP contribution in [0.25, 0.3) is 0 Å². The Hall–Kier alpha value is -2.24. The fourth-order valence-electron chi connectivity index (χ4n) is 2.46. The first-order valence-corrected chi connectivity index (χ1v) is 9.13. The van der Waals surface area contributed by atoms with E-state index in [9.17, 15) is 9.59 Å². The molecule has 0 heterocycles. The Balaban J connectivity index is 1.89. The van der Waals surface area contributed by atoms with Crippen LogP contribution in [0, 0.1) is 0 Å². The lowest BCUT2D eigenvalue weighted by Gasteiger charge is -2.19. The molecular weight excluding hydrogens is 389 g/mol. The summed E-state index contributed by atoms with van der Waals surface area (Å²) in [6.45, 7) is 3.32. The first-order chi connectivity index (χ1) is 12.8. The fourth-order valence-corrected chi connectivity index (χ4v) is 3.04. The highest BCUT2D eigenvalue weighted by Gasteiger charge is 2.21. The van der Waals surface area contributed by atoms with Gasteiger partial charge in [0.2, 0.25) is 0 Å². The number of methoxy groups -OCH3 is 1. The Morgan fingerprint density at radius 1 is 1.07 bits per heavy atom. The van der Waals surface area contributed by atoms with Crippen LogP contribution in [0.5, 0.6) is 5.75 Å². The predicted molar refractivity (Wildman–Crippen MR) is 105 cm³/mol. The van der Waals surface area contributed by atoms with Crippen LogP contribution in [-0.2, 0) is 20.7 Å². The maximum atomic E-state index is 12.3. The zero-order valence-electron chi connectivity index (χ0n) is 15.3. The first-order valence-electron chi connectivity index (χ1n) is 8.38. The second-order valence-electron chi connectivity index (χ2n) is 6.05. The summed E-state index contributed by atoms with van der Waals surface area (Å²) in [5.74, 6) is -0.189. The van der Waals surface area contributed by atoms with E-state index in [0.717, 1.165) is 11.1 Å². The van der Waals surface area contributed by atoms with Crippen LogP contribution in [0.15, 0.2) is 42.5 Å². The third kappa shape index (κ3) is 6.15. The number of esters is 1. The quantitative estimate of drug-likeness (QED) is 0.690. The molecule has 2 atom stereocenters. The van der Waals surface area contributed by atoms with E-state index in [2.05, 4.69) is 5.32 Å². The van der Waals surface area contributed by atoms with Crippen LogP contribution in [-0.4, -0.2) is 25.1 Å². The number of ether oxygens (including phenoxy) is 2. The standard InChI is InChI=1S/C20H21Cl2NO4/c1-12(17-9-6-15(21)11-18(17)22)23-20(25)13(2)27-19(24)10-14-4-7-16(26-3)8-5-14/h4-9,11-13H,10H2,1-3H3,(H,23,25)/t12-,13+/m1/s1. The van der Waals surface area contributed by atoms with Gasteiger partial charge in [0.25, 0.3) is 5.91 Å². The number of benzene rings is 2. The molecule has 144 valence electrons. The third-order valence-electron chi connectivity index (χ3n) is 3.97. The molecule has 1 amide bonds. The molecule has 0 radical (unpaired) electrons. The zero-order valence-corrected chi connectivity index (χ0v) is 16.8. The van der Waals surface area contributed by atoms with Crippen molar-refractivity contribution in [1.29, 1.82) is 0 Å². The van der Waals surface area contributed by atoms with Gasteiger partial charge in [0.15, 0.2) is 6.10 Å². The summed E-state index contributed by atoms with van der Waals surface area (Å²) in [5.41, 5.74) is 1.50. The van der Waals surface area contributed by atoms with Gasteiger partial charge in [-0.05, 0) is 49.2 Å². The minimum Gasteiger partial charge on any atom is -0.497 e. The molecular formula is C20H21Cl2NO4. The maximum Gasteiger partial charge on any atom is 0.311 e. The van der Waals surface area contributed by atoms with E-state index in [-0.39, 0.29) is 12.5 Å². The highest BCUT2D eigenvalue weighted by molar-refractivity contribution is 6.35. The van der Waals surface area contributed by atoms with Crippen LogP contribution >= 0.6 is 23.2 Å². The van der Waals surface area contributed by atoms with E-state index in [1.807, 2.05) is 0 Å². The number of halogens is 2. The van der Waals surface area contributed by atoms with E-state index < -0.39 is 18.0 Å². The second-order valence-corrected chi connectivity index (χ2v) is 6.90. The fraction of sp³-hybridized carbons (Fsp3) is 0.300. The van der Waals surface area contributed by atoms with Gasteiger partial charge < -0.3 is 14.8 Å². The van der Waals surface area contributed by atoms with Gasteiger partial charge in [-0.2, -0.15) is 0 Å². The van der Waals surface area contributed by atoms with Crippen molar-refractivity contribution in [3.63, 3.8) is 0 Å². The average Bonchev–Trinajstić information content (AvgIpc) is 2.61.